The Labute approximate surface area is 130 Å². The molecule has 5 nitrogen and oxygen atoms in total. The number of nitrogens with zero attached hydrogens (tertiary/aromatic N) is 2. The highest BCUT2D eigenvalue weighted by molar-refractivity contribution is 7.18. The van der Waals surface area contributed by atoms with Gasteiger partial charge in [0.1, 0.15) is 10.7 Å². The monoisotopic (exact) mass is 308 g/mol. The number of carbonyl (C=O) groups is 1. The second-order valence-electron chi connectivity index (χ2n) is 6.24. The van der Waals surface area contributed by atoms with Crippen molar-refractivity contribution in [3.05, 3.63) is 16.5 Å². The molecule has 1 aliphatic rings. The lowest BCUT2D eigenvalue weighted by molar-refractivity contribution is 0.0770. The summed E-state index contributed by atoms with van der Waals surface area (Å²) in [5, 5.41) is 3.81. The predicted octanol–water partition coefficient (Wildman–Crippen LogP) is 2.98. The number of amides is 1. The van der Waals surface area contributed by atoms with Crippen LogP contribution in [0, 0.1) is 5.41 Å². The molecule has 0 bridgehead atoms. The summed E-state index contributed by atoms with van der Waals surface area (Å²) >= 11 is 1.33. The number of carbonyl (C=O) groups excluding carboxylic acids is 1. The highest BCUT2D eigenvalue weighted by atomic mass is 32.1. The summed E-state index contributed by atoms with van der Waals surface area (Å²) in [6.45, 7) is 10.8. The van der Waals surface area contributed by atoms with Crippen LogP contribution < -0.4 is 11.1 Å². The topological polar surface area (TPSA) is 71.2 Å². The number of nitrogens with two attached hydrogens (primary N) is 1. The lowest BCUT2D eigenvalue weighted by Crippen LogP contribution is -2.36. The van der Waals surface area contributed by atoms with E-state index in [1.54, 1.807) is 0 Å². The van der Waals surface area contributed by atoms with Crippen molar-refractivity contribution in [2.24, 2.45) is 5.41 Å². The molecule has 2 rings (SSSR count). The van der Waals surface area contributed by atoms with Gasteiger partial charge in [-0.05, 0) is 18.8 Å². The van der Waals surface area contributed by atoms with Crippen molar-refractivity contribution in [2.45, 2.75) is 34.1 Å². The Morgan fingerprint density at radius 2 is 2.24 bits per heavy atom. The van der Waals surface area contributed by atoms with E-state index in [1.807, 2.05) is 11.8 Å². The molecule has 0 saturated carbocycles. The molecule has 21 heavy (non-hydrogen) atoms. The fourth-order valence-corrected chi connectivity index (χ4v) is 3.31. The first-order chi connectivity index (χ1) is 9.82. The van der Waals surface area contributed by atoms with Crippen LogP contribution in [0.3, 0.4) is 0 Å². The number of thiazole rings is 1. The maximum Gasteiger partial charge on any atom is 0.268 e. The SMILES string of the molecule is CCNc1nc(N)c(C(=O)N2CC=C(C(C)(C)C)CC2)s1. The van der Waals surface area contributed by atoms with Crippen molar-refractivity contribution >= 4 is 28.2 Å². The molecule has 6 heteroatoms. The zero-order chi connectivity index (χ0) is 15.6. The summed E-state index contributed by atoms with van der Waals surface area (Å²) in [7, 11) is 0. The molecule has 0 aromatic carbocycles. The van der Waals surface area contributed by atoms with Crippen molar-refractivity contribution in [1.82, 2.24) is 9.88 Å². The minimum Gasteiger partial charge on any atom is -0.382 e. The van der Waals surface area contributed by atoms with E-state index in [9.17, 15) is 4.79 Å². The highest BCUT2D eigenvalue weighted by Gasteiger charge is 2.26. The maximum absolute atomic E-state index is 12.6. The molecular weight excluding hydrogens is 284 g/mol. The van der Waals surface area contributed by atoms with Crippen LogP contribution in [-0.4, -0.2) is 35.4 Å². The van der Waals surface area contributed by atoms with Gasteiger partial charge in [0.25, 0.3) is 5.91 Å². The van der Waals surface area contributed by atoms with Crippen molar-refractivity contribution in [2.75, 3.05) is 30.7 Å². The van der Waals surface area contributed by atoms with E-state index < -0.39 is 0 Å². The number of nitrogens with one attached hydrogen (secondary N) is 1. The summed E-state index contributed by atoms with van der Waals surface area (Å²) in [4.78, 5) is 19.1. The second kappa shape index (κ2) is 6.05. The Kier molecular flexibility index (Phi) is 4.56. The first-order valence-corrected chi connectivity index (χ1v) is 8.13. The average Bonchev–Trinajstić information content (AvgIpc) is 2.78. The summed E-state index contributed by atoms with van der Waals surface area (Å²) < 4.78 is 0. The Bertz CT molecular complexity index is 557. The third-order valence-electron chi connectivity index (χ3n) is 3.64. The summed E-state index contributed by atoms with van der Waals surface area (Å²) in [5.74, 6) is 0.310. The number of rotatable bonds is 3. The van der Waals surface area contributed by atoms with Crippen LogP contribution in [0.25, 0.3) is 0 Å². The summed E-state index contributed by atoms with van der Waals surface area (Å²) in [6.07, 6.45) is 3.10. The van der Waals surface area contributed by atoms with Gasteiger partial charge in [0.05, 0.1) is 0 Å². The van der Waals surface area contributed by atoms with Gasteiger partial charge in [-0.1, -0.05) is 43.8 Å². The van der Waals surface area contributed by atoms with Crippen LogP contribution in [0.5, 0.6) is 0 Å². The van der Waals surface area contributed by atoms with Gasteiger partial charge < -0.3 is 16.0 Å². The quantitative estimate of drug-likeness (QED) is 0.842. The van der Waals surface area contributed by atoms with Crippen LogP contribution in [0.15, 0.2) is 11.6 Å². The molecule has 116 valence electrons. The Morgan fingerprint density at radius 1 is 1.52 bits per heavy atom. The molecule has 0 spiro atoms. The van der Waals surface area contributed by atoms with E-state index in [1.165, 1.54) is 16.9 Å². The minimum absolute atomic E-state index is 0.0154. The van der Waals surface area contributed by atoms with E-state index in [0.717, 1.165) is 19.5 Å². The van der Waals surface area contributed by atoms with Gasteiger partial charge >= 0.3 is 0 Å². The lowest BCUT2D eigenvalue weighted by atomic mass is 9.83. The van der Waals surface area contributed by atoms with Crippen LogP contribution in [0.4, 0.5) is 10.9 Å². The maximum atomic E-state index is 12.6. The number of anilines is 2. The van der Waals surface area contributed by atoms with Crippen LogP contribution in [-0.2, 0) is 0 Å². The molecule has 1 aromatic rings. The number of aromatic nitrogens is 1. The molecule has 0 atom stereocenters. The Morgan fingerprint density at radius 3 is 2.76 bits per heavy atom. The average molecular weight is 308 g/mol. The van der Waals surface area contributed by atoms with Gasteiger partial charge in [0, 0.05) is 19.6 Å². The van der Waals surface area contributed by atoms with Gasteiger partial charge in [-0.25, -0.2) is 4.98 Å². The first-order valence-electron chi connectivity index (χ1n) is 7.32. The zero-order valence-corrected chi connectivity index (χ0v) is 14.0. The van der Waals surface area contributed by atoms with Gasteiger partial charge in [-0.15, -0.1) is 0 Å². The predicted molar refractivity (Wildman–Crippen MR) is 88.7 cm³/mol. The smallest absolute Gasteiger partial charge is 0.268 e. The van der Waals surface area contributed by atoms with Crippen LogP contribution >= 0.6 is 11.3 Å². The zero-order valence-electron chi connectivity index (χ0n) is 13.2. The Balaban J connectivity index is 2.10. The molecule has 0 fully saturated rings. The van der Waals surface area contributed by atoms with E-state index in [0.29, 0.717) is 22.4 Å². The van der Waals surface area contributed by atoms with Crippen molar-refractivity contribution < 1.29 is 4.79 Å². The number of hydrogen-bond acceptors (Lipinski definition) is 5. The third kappa shape index (κ3) is 3.56. The lowest BCUT2D eigenvalue weighted by Gasteiger charge is -2.32. The van der Waals surface area contributed by atoms with Gasteiger partial charge in [0.2, 0.25) is 0 Å². The molecular formula is C15H24N4OS. The summed E-state index contributed by atoms with van der Waals surface area (Å²) in [6, 6.07) is 0. The molecule has 0 saturated heterocycles. The minimum atomic E-state index is -0.0154. The second-order valence-corrected chi connectivity index (χ2v) is 7.24. The summed E-state index contributed by atoms with van der Waals surface area (Å²) in [5.41, 5.74) is 7.46. The standard InChI is InChI=1S/C15H24N4OS/c1-5-17-14-18-12(16)11(21-14)13(20)19-8-6-10(7-9-19)15(2,3)4/h6H,5,7-9,16H2,1-4H3,(H,17,18). The largest absolute Gasteiger partial charge is 0.382 e. The number of nitrogen functional groups attached to an aromatic ring is 1. The van der Waals surface area contributed by atoms with E-state index in [-0.39, 0.29) is 11.3 Å². The molecule has 0 aliphatic carbocycles. The van der Waals surface area contributed by atoms with Crippen molar-refractivity contribution in [1.29, 1.82) is 0 Å². The third-order valence-corrected chi connectivity index (χ3v) is 4.65. The van der Waals surface area contributed by atoms with Gasteiger partial charge in [-0.3, -0.25) is 4.79 Å². The fourth-order valence-electron chi connectivity index (χ4n) is 2.39. The molecule has 2 heterocycles. The van der Waals surface area contributed by atoms with Gasteiger partial charge in [0.15, 0.2) is 5.13 Å². The number of hydrogen-bond donors (Lipinski definition) is 2. The Hall–Kier alpha value is -1.56. The normalized spacial score (nSPS) is 15.8. The highest BCUT2D eigenvalue weighted by Crippen LogP contribution is 2.32. The first kappa shape index (κ1) is 15.8. The molecule has 1 aromatic heterocycles. The van der Waals surface area contributed by atoms with Crippen LogP contribution in [0.2, 0.25) is 0 Å². The molecule has 1 amide bonds. The van der Waals surface area contributed by atoms with E-state index >= 15 is 0 Å². The van der Waals surface area contributed by atoms with E-state index in [2.05, 4.69) is 37.1 Å². The molecule has 0 radical (unpaired) electrons. The van der Waals surface area contributed by atoms with Gasteiger partial charge in [-0.2, -0.15) is 0 Å². The van der Waals surface area contributed by atoms with Crippen molar-refractivity contribution in [3.63, 3.8) is 0 Å². The molecule has 0 unspecified atom stereocenters. The van der Waals surface area contributed by atoms with Crippen molar-refractivity contribution in [3.8, 4) is 0 Å². The fraction of sp³-hybridized carbons (Fsp3) is 0.600. The van der Waals surface area contributed by atoms with Crippen LogP contribution in [0.1, 0.15) is 43.8 Å². The van der Waals surface area contributed by atoms with E-state index in [4.69, 9.17) is 5.73 Å². The molecule has 3 N–H and O–H groups in total. The molecule has 1 aliphatic heterocycles.